The zero-order chi connectivity index (χ0) is 12.1. The van der Waals surface area contributed by atoms with Gasteiger partial charge in [0.05, 0.1) is 0 Å². The molecule has 0 heterocycles. The quantitative estimate of drug-likeness (QED) is 0.409. The summed E-state index contributed by atoms with van der Waals surface area (Å²) >= 11 is 5.81. The van der Waals surface area contributed by atoms with Gasteiger partial charge in [0, 0.05) is 17.8 Å². The Morgan fingerprint density at radius 2 is 1.94 bits per heavy atom. The number of nitrogens with one attached hydrogen (secondary N) is 1. The van der Waals surface area contributed by atoms with Crippen LogP contribution in [0, 0.1) is 0 Å². The van der Waals surface area contributed by atoms with Crippen molar-refractivity contribution in [3.8, 4) is 0 Å². The molecule has 0 amide bonds. The van der Waals surface area contributed by atoms with Gasteiger partial charge in [-0.25, -0.2) is 4.99 Å². The van der Waals surface area contributed by atoms with E-state index in [1.54, 1.807) is 7.05 Å². The van der Waals surface area contributed by atoms with Gasteiger partial charge in [-0.3, -0.25) is 5.32 Å². The Bertz CT molecular complexity index is 358. The Labute approximate surface area is 100 Å². The molecule has 0 saturated carbocycles. The van der Waals surface area contributed by atoms with Crippen LogP contribution < -0.4 is 21.7 Å². The summed E-state index contributed by atoms with van der Waals surface area (Å²) in [6.45, 7) is 0. The molecule has 0 aromatic heterocycles. The second-order valence-corrected chi connectivity index (χ2v) is 3.74. The average molecular weight is 242 g/mol. The Balaban J connectivity index is 2.86. The first kappa shape index (κ1) is 12.6. The maximum Gasteiger partial charge on any atom is 0.189 e. The molecule has 0 saturated heterocycles. The predicted molar refractivity (Wildman–Crippen MR) is 68.5 cm³/mol. The average Bonchev–Trinajstić information content (AvgIpc) is 2.25. The van der Waals surface area contributed by atoms with Crippen molar-refractivity contribution in [2.45, 2.75) is 6.29 Å². The number of guanidine groups is 1. The lowest BCUT2D eigenvalue weighted by atomic mass is 10.3. The van der Waals surface area contributed by atoms with Crippen LogP contribution in [0.3, 0.4) is 0 Å². The second kappa shape index (κ2) is 5.58. The standard InChI is InChI=1S/C10H16ClN5/c1-14-10(15-9(12)13)16(2)8-5-3-7(11)4-6-8/h3-6,10,14H,1-2H3,(H4,12,13,15). The number of benzene rings is 1. The summed E-state index contributed by atoms with van der Waals surface area (Å²) in [7, 11) is 3.67. The van der Waals surface area contributed by atoms with Gasteiger partial charge in [-0.15, -0.1) is 0 Å². The predicted octanol–water partition coefficient (Wildman–Crippen LogP) is 0.553. The highest BCUT2D eigenvalue weighted by molar-refractivity contribution is 6.30. The van der Waals surface area contributed by atoms with Gasteiger partial charge in [0.2, 0.25) is 0 Å². The number of halogens is 1. The Morgan fingerprint density at radius 3 is 2.38 bits per heavy atom. The molecule has 0 fully saturated rings. The summed E-state index contributed by atoms with van der Waals surface area (Å²) in [6.07, 6.45) is -0.300. The summed E-state index contributed by atoms with van der Waals surface area (Å²) in [4.78, 5) is 5.95. The minimum atomic E-state index is -0.300. The van der Waals surface area contributed by atoms with Crippen LogP contribution in [0.5, 0.6) is 0 Å². The Morgan fingerprint density at radius 1 is 1.38 bits per heavy atom. The lowest BCUT2D eigenvalue weighted by molar-refractivity contribution is 0.575. The maximum atomic E-state index is 5.81. The van der Waals surface area contributed by atoms with E-state index in [2.05, 4.69) is 10.3 Å². The first-order chi connectivity index (χ1) is 7.54. The van der Waals surface area contributed by atoms with E-state index in [1.165, 1.54) is 0 Å². The summed E-state index contributed by atoms with van der Waals surface area (Å²) in [6, 6.07) is 7.43. The first-order valence-corrected chi connectivity index (χ1v) is 5.17. The van der Waals surface area contributed by atoms with Gasteiger partial charge in [-0.2, -0.15) is 0 Å². The number of anilines is 1. The van der Waals surface area contributed by atoms with E-state index >= 15 is 0 Å². The molecular weight excluding hydrogens is 226 g/mol. The van der Waals surface area contributed by atoms with Crippen molar-refractivity contribution >= 4 is 23.2 Å². The fourth-order valence-corrected chi connectivity index (χ4v) is 1.43. The lowest BCUT2D eigenvalue weighted by Crippen LogP contribution is -2.43. The molecule has 0 bridgehead atoms. The van der Waals surface area contributed by atoms with Gasteiger partial charge in [0.25, 0.3) is 0 Å². The molecule has 16 heavy (non-hydrogen) atoms. The number of hydrogen-bond donors (Lipinski definition) is 3. The highest BCUT2D eigenvalue weighted by Gasteiger charge is 2.11. The number of nitrogens with zero attached hydrogens (tertiary/aromatic N) is 2. The molecule has 0 aliphatic carbocycles. The molecule has 5 N–H and O–H groups in total. The lowest BCUT2D eigenvalue weighted by Gasteiger charge is -2.26. The molecule has 6 heteroatoms. The number of aliphatic imine (C=N–C) groups is 1. The molecule has 0 aliphatic rings. The van der Waals surface area contributed by atoms with E-state index in [9.17, 15) is 0 Å². The number of rotatable bonds is 4. The second-order valence-electron chi connectivity index (χ2n) is 3.30. The van der Waals surface area contributed by atoms with E-state index in [-0.39, 0.29) is 12.2 Å². The number of nitrogens with two attached hydrogens (primary N) is 2. The first-order valence-electron chi connectivity index (χ1n) is 4.79. The SMILES string of the molecule is CNC(N=C(N)N)N(C)c1ccc(Cl)cc1. The highest BCUT2D eigenvalue weighted by atomic mass is 35.5. The minimum Gasteiger partial charge on any atom is -0.370 e. The van der Waals surface area contributed by atoms with Gasteiger partial charge in [-0.1, -0.05) is 11.6 Å². The molecule has 0 aliphatic heterocycles. The van der Waals surface area contributed by atoms with Crippen LogP contribution in [-0.4, -0.2) is 26.3 Å². The van der Waals surface area contributed by atoms with Gasteiger partial charge in [-0.05, 0) is 31.3 Å². The summed E-state index contributed by atoms with van der Waals surface area (Å²) in [5.41, 5.74) is 11.7. The van der Waals surface area contributed by atoms with Gasteiger partial charge >= 0.3 is 0 Å². The highest BCUT2D eigenvalue weighted by Crippen LogP contribution is 2.18. The maximum absolute atomic E-state index is 5.81. The van der Waals surface area contributed by atoms with Crippen LogP contribution in [0.15, 0.2) is 29.3 Å². The van der Waals surface area contributed by atoms with Crippen molar-refractivity contribution in [3.63, 3.8) is 0 Å². The van der Waals surface area contributed by atoms with Gasteiger partial charge < -0.3 is 16.4 Å². The van der Waals surface area contributed by atoms with Crippen molar-refractivity contribution in [2.24, 2.45) is 16.5 Å². The van der Waals surface area contributed by atoms with Crippen LogP contribution in [0.1, 0.15) is 0 Å². The summed E-state index contributed by atoms with van der Waals surface area (Å²) in [5, 5.41) is 3.69. The van der Waals surface area contributed by atoms with E-state index in [1.807, 2.05) is 36.2 Å². The third-order valence-electron chi connectivity index (χ3n) is 2.13. The molecule has 5 nitrogen and oxygen atoms in total. The van der Waals surface area contributed by atoms with Gasteiger partial charge in [0.1, 0.15) is 0 Å². The van der Waals surface area contributed by atoms with E-state index < -0.39 is 0 Å². The topological polar surface area (TPSA) is 79.7 Å². The molecule has 88 valence electrons. The van der Waals surface area contributed by atoms with Crippen LogP contribution >= 0.6 is 11.6 Å². The zero-order valence-corrected chi connectivity index (χ0v) is 10.1. The van der Waals surface area contributed by atoms with Crippen LogP contribution in [0.2, 0.25) is 5.02 Å². The minimum absolute atomic E-state index is 0.0418. The Hall–Kier alpha value is -1.46. The summed E-state index contributed by atoms with van der Waals surface area (Å²) in [5.74, 6) is 0.0418. The molecule has 1 rings (SSSR count). The van der Waals surface area contributed by atoms with Crippen LogP contribution in [-0.2, 0) is 0 Å². The molecule has 1 aromatic carbocycles. The van der Waals surface area contributed by atoms with E-state index in [0.717, 1.165) is 5.69 Å². The van der Waals surface area contributed by atoms with Crippen LogP contribution in [0.4, 0.5) is 5.69 Å². The molecule has 1 unspecified atom stereocenters. The summed E-state index contributed by atoms with van der Waals surface area (Å²) < 4.78 is 0. The van der Waals surface area contributed by atoms with Crippen molar-refractivity contribution in [1.29, 1.82) is 0 Å². The number of hydrogen-bond acceptors (Lipinski definition) is 3. The van der Waals surface area contributed by atoms with Crippen molar-refractivity contribution in [1.82, 2.24) is 5.32 Å². The molecule has 1 aromatic rings. The molecule has 0 spiro atoms. The zero-order valence-electron chi connectivity index (χ0n) is 9.31. The molecular formula is C10H16ClN5. The Kier molecular flexibility index (Phi) is 4.39. The third kappa shape index (κ3) is 3.29. The van der Waals surface area contributed by atoms with E-state index in [4.69, 9.17) is 23.1 Å². The van der Waals surface area contributed by atoms with Crippen LogP contribution in [0.25, 0.3) is 0 Å². The van der Waals surface area contributed by atoms with E-state index in [0.29, 0.717) is 5.02 Å². The van der Waals surface area contributed by atoms with Crippen molar-refractivity contribution < 1.29 is 0 Å². The van der Waals surface area contributed by atoms with Crippen molar-refractivity contribution in [2.75, 3.05) is 19.0 Å². The molecule has 0 radical (unpaired) electrons. The van der Waals surface area contributed by atoms with Crippen molar-refractivity contribution in [3.05, 3.63) is 29.3 Å². The van der Waals surface area contributed by atoms with Gasteiger partial charge in [0.15, 0.2) is 12.2 Å². The normalized spacial score (nSPS) is 11.9. The smallest absolute Gasteiger partial charge is 0.189 e. The molecule has 1 atom stereocenters. The fourth-order valence-electron chi connectivity index (χ4n) is 1.30. The fraction of sp³-hybridized carbons (Fsp3) is 0.300. The third-order valence-corrected chi connectivity index (χ3v) is 2.38. The largest absolute Gasteiger partial charge is 0.370 e. The monoisotopic (exact) mass is 241 g/mol.